The number of piperazine rings is 1. The van der Waals surface area contributed by atoms with Gasteiger partial charge in [0.25, 0.3) is 0 Å². The molecule has 27 heavy (non-hydrogen) atoms. The lowest BCUT2D eigenvalue weighted by Crippen LogP contribution is -2.48. The van der Waals surface area contributed by atoms with Crippen LogP contribution in [0, 0.1) is 13.8 Å². The Hall–Kier alpha value is -1.90. The van der Waals surface area contributed by atoms with E-state index in [-0.39, 0.29) is 11.0 Å². The fourth-order valence-electron chi connectivity index (χ4n) is 3.35. The first kappa shape index (κ1) is 19.9. The molecule has 0 bridgehead atoms. The second-order valence-electron chi connectivity index (χ2n) is 7.15. The minimum Gasteiger partial charge on any atom is -0.491 e. The predicted molar refractivity (Wildman–Crippen MR) is 102 cm³/mol. The van der Waals surface area contributed by atoms with E-state index in [0.717, 1.165) is 17.9 Å². The van der Waals surface area contributed by atoms with Crippen molar-refractivity contribution in [2.75, 3.05) is 26.2 Å². The van der Waals surface area contributed by atoms with Gasteiger partial charge >= 0.3 is 0 Å². The van der Waals surface area contributed by atoms with E-state index in [1.54, 1.807) is 13.8 Å². The fourth-order valence-corrected chi connectivity index (χ4v) is 5.06. The largest absolute Gasteiger partial charge is 0.491 e. The van der Waals surface area contributed by atoms with Crippen LogP contribution >= 0.6 is 0 Å². The summed E-state index contributed by atoms with van der Waals surface area (Å²) in [6.07, 6.45) is 0.137. The van der Waals surface area contributed by atoms with Crippen molar-refractivity contribution in [1.29, 1.82) is 0 Å². The molecule has 1 aliphatic heterocycles. The van der Waals surface area contributed by atoms with E-state index in [1.807, 2.05) is 32.0 Å². The molecule has 148 valence electrons. The standard InChI is InChI=1S/C19H27N3O4S/c1-14(2)25-18-7-5-6-17(12-18)13-21-8-10-22(11-9-21)27(23,24)19-15(3)20-26-16(19)4/h5-7,12,14H,8-11,13H2,1-4H3. The zero-order chi connectivity index (χ0) is 19.6. The smallest absolute Gasteiger partial charge is 0.248 e. The predicted octanol–water partition coefficient (Wildman–Crippen LogP) is 2.59. The number of hydrogen-bond acceptors (Lipinski definition) is 6. The van der Waals surface area contributed by atoms with Gasteiger partial charge in [0, 0.05) is 32.7 Å². The molecule has 0 radical (unpaired) electrons. The minimum atomic E-state index is -3.57. The molecule has 3 rings (SSSR count). The van der Waals surface area contributed by atoms with Gasteiger partial charge in [-0.05, 0) is 45.4 Å². The maximum atomic E-state index is 12.9. The summed E-state index contributed by atoms with van der Waals surface area (Å²) in [4.78, 5) is 2.46. The van der Waals surface area contributed by atoms with Gasteiger partial charge in [-0.3, -0.25) is 4.90 Å². The van der Waals surface area contributed by atoms with Crippen LogP contribution in [0.25, 0.3) is 0 Å². The fraction of sp³-hybridized carbons (Fsp3) is 0.526. The van der Waals surface area contributed by atoms with Gasteiger partial charge < -0.3 is 9.26 Å². The SMILES string of the molecule is Cc1noc(C)c1S(=O)(=O)N1CCN(Cc2cccc(OC(C)C)c2)CC1. The zero-order valence-corrected chi connectivity index (χ0v) is 17.1. The second-order valence-corrected chi connectivity index (χ2v) is 9.02. The van der Waals surface area contributed by atoms with Crippen molar-refractivity contribution in [3.63, 3.8) is 0 Å². The molecular formula is C19H27N3O4S. The molecule has 0 saturated carbocycles. The van der Waals surface area contributed by atoms with Crippen molar-refractivity contribution in [3.05, 3.63) is 41.3 Å². The van der Waals surface area contributed by atoms with E-state index in [9.17, 15) is 8.42 Å². The third-order valence-electron chi connectivity index (χ3n) is 4.57. The average molecular weight is 394 g/mol. The van der Waals surface area contributed by atoms with E-state index in [2.05, 4.69) is 16.1 Å². The number of aryl methyl sites for hydroxylation is 2. The summed E-state index contributed by atoms with van der Waals surface area (Å²) >= 11 is 0. The van der Waals surface area contributed by atoms with Gasteiger partial charge in [-0.25, -0.2) is 8.42 Å². The molecule has 8 heteroatoms. The number of sulfonamides is 1. The highest BCUT2D eigenvalue weighted by atomic mass is 32.2. The highest BCUT2D eigenvalue weighted by molar-refractivity contribution is 7.89. The van der Waals surface area contributed by atoms with Gasteiger partial charge in [0.05, 0.1) is 6.10 Å². The molecule has 0 spiro atoms. The van der Waals surface area contributed by atoms with Crippen molar-refractivity contribution in [2.45, 2.75) is 45.2 Å². The van der Waals surface area contributed by atoms with Gasteiger partial charge in [0.15, 0.2) is 5.76 Å². The topological polar surface area (TPSA) is 75.9 Å². The van der Waals surface area contributed by atoms with E-state index in [0.29, 0.717) is 37.6 Å². The van der Waals surface area contributed by atoms with E-state index in [4.69, 9.17) is 9.26 Å². The number of nitrogens with zero attached hydrogens (tertiary/aromatic N) is 3. The monoisotopic (exact) mass is 393 g/mol. The molecule has 1 aromatic carbocycles. The number of benzene rings is 1. The average Bonchev–Trinajstić information content (AvgIpc) is 2.94. The molecule has 1 saturated heterocycles. The number of ether oxygens (including phenoxy) is 1. The maximum absolute atomic E-state index is 12.9. The van der Waals surface area contributed by atoms with E-state index < -0.39 is 10.0 Å². The molecule has 0 unspecified atom stereocenters. The molecule has 0 aliphatic carbocycles. The summed E-state index contributed by atoms with van der Waals surface area (Å²) in [5.74, 6) is 1.21. The van der Waals surface area contributed by atoms with Crippen molar-refractivity contribution in [1.82, 2.24) is 14.4 Å². The lowest BCUT2D eigenvalue weighted by atomic mass is 10.2. The Morgan fingerprint density at radius 1 is 1.19 bits per heavy atom. The van der Waals surface area contributed by atoms with Crippen molar-refractivity contribution in [2.24, 2.45) is 0 Å². The van der Waals surface area contributed by atoms with Crippen LogP contribution in [0.2, 0.25) is 0 Å². The first-order valence-electron chi connectivity index (χ1n) is 9.18. The number of rotatable bonds is 6. The van der Waals surface area contributed by atoms with Crippen LogP contribution in [0.15, 0.2) is 33.7 Å². The van der Waals surface area contributed by atoms with Crippen LogP contribution in [0.3, 0.4) is 0 Å². The summed E-state index contributed by atoms with van der Waals surface area (Å²) < 4.78 is 38.1. The third kappa shape index (κ3) is 4.51. The Bertz CT molecular complexity index is 865. The van der Waals surface area contributed by atoms with Crippen molar-refractivity contribution >= 4 is 10.0 Å². The molecule has 1 aliphatic rings. The maximum Gasteiger partial charge on any atom is 0.248 e. The van der Waals surface area contributed by atoms with Gasteiger partial charge in [-0.1, -0.05) is 17.3 Å². The Morgan fingerprint density at radius 3 is 2.48 bits per heavy atom. The Labute approximate surface area is 160 Å². The van der Waals surface area contributed by atoms with Crippen LogP contribution in [0.5, 0.6) is 5.75 Å². The highest BCUT2D eigenvalue weighted by Gasteiger charge is 2.33. The quantitative estimate of drug-likeness (QED) is 0.751. The molecule has 2 aromatic rings. The molecule has 7 nitrogen and oxygen atoms in total. The first-order chi connectivity index (χ1) is 12.8. The second kappa shape index (κ2) is 8.00. The molecule has 2 heterocycles. The Kier molecular flexibility index (Phi) is 5.88. The number of aromatic nitrogens is 1. The number of hydrogen-bond donors (Lipinski definition) is 0. The van der Waals surface area contributed by atoms with Crippen LogP contribution < -0.4 is 4.74 Å². The molecule has 0 N–H and O–H groups in total. The molecule has 1 fully saturated rings. The summed E-state index contributed by atoms with van der Waals surface area (Å²) in [5, 5.41) is 3.77. The van der Waals surface area contributed by atoms with Crippen molar-refractivity contribution in [3.8, 4) is 5.75 Å². The van der Waals surface area contributed by atoms with Crippen LogP contribution in [0.4, 0.5) is 0 Å². The normalized spacial score (nSPS) is 16.8. The van der Waals surface area contributed by atoms with Crippen LogP contribution in [0.1, 0.15) is 30.9 Å². The van der Waals surface area contributed by atoms with Gasteiger partial charge in [0.2, 0.25) is 10.0 Å². The molecule has 0 amide bonds. The van der Waals surface area contributed by atoms with Crippen LogP contribution in [-0.4, -0.2) is 55.1 Å². The Balaban J connectivity index is 1.62. The van der Waals surface area contributed by atoms with Gasteiger partial charge in [0.1, 0.15) is 16.3 Å². The summed E-state index contributed by atoms with van der Waals surface area (Å²) in [6, 6.07) is 8.07. The minimum absolute atomic E-state index is 0.137. The first-order valence-corrected chi connectivity index (χ1v) is 10.6. The summed E-state index contributed by atoms with van der Waals surface area (Å²) in [7, 11) is -3.57. The summed E-state index contributed by atoms with van der Waals surface area (Å²) in [5.41, 5.74) is 1.58. The van der Waals surface area contributed by atoms with Gasteiger partial charge in [-0.15, -0.1) is 0 Å². The van der Waals surface area contributed by atoms with Crippen molar-refractivity contribution < 1.29 is 17.7 Å². The van der Waals surface area contributed by atoms with Gasteiger partial charge in [-0.2, -0.15) is 4.31 Å². The lowest BCUT2D eigenvalue weighted by molar-refractivity contribution is 0.181. The van der Waals surface area contributed by atoms with Crippen LogP contribution in [-0.2, 0) is 16.6 Å². The molecule has 1 aromatic heterocycles. The zero-order valence-electron chi connectivity index (χ0n) is 16.3. The summed E-state index contributed by atoms with van der Waals surface area (Å²) in [6.45, 7) is 10.3. The lowest BCUT2D eigenvalue weighted by Gasteiger charge is -2.33. The highest BCUT2D eigenvalue weighted by Crippen LogP contribution is 2.24. The Morgan fingerprint density at radius 2 is 1.89 bits per heavy atom. The molecule has 0 atom stereocenters. The van der Waals surface area contributed by atoms with E-state index in [1.165, 1.54) is 4.31 Å². The molecular weight excluding hydrogens is 366 g/mol. The third-order valence-corrected chi connectivity index (χ3v) is 6.72. The van der Waals surface area contributed by atoms with E-state index >= 15 is 0 Å².